The van der Waals surface area contributed by atoms with E-state index in [9.17, 15) is 0 Å². The lowest BCUT2D eigenvalue weighted by molar-refractivity contribution is 0.300. The summed E-state index contributed by atoms with van der Waals surface area (Å²) in [6.07, 6.45) is 4.87. The molecule has 0 saturated carbocycles. The van der Waals surface area contributed by atoms with Gasteiger partial charge in [0.2, 0.25) is 0 Å². The summed E-state index contributed by atoms with van der Waals surface area (Å²) in [5.41, 5.74) is 1.40. The van der Waals surface area contributed by atoms with Crippen molar-refractivity contribution in [2.75, 3.05) is 19.0 Å². The molecule has 1 rings (SSSR count). The minimum absolute atomic E-state index is 0.627. The average Bonchev–Trinajstić information content (AvgIpc) is 2.47. The summed E-state index contributed by atoms with van der Waals surface area (Å²) in [4.78, 5) is 2.47. The highest BCUT2D eigenvalue weighted by atomic mass is 35.5. The van der Waals surface area contributed by atoms with Gasteiger partial charge < -0.3 is 0 Å². The van der Waals surface area contributed by atoms with Crippen LogP contribution in [0.5, 0.6) is 0 Å². The van der Waals surface area contributed by atoms with Crippen LogP contribution in [0, 0.1) is 0 Å². The van der Waals surface area contributed by atoms with Crippen LogP contribution >= 0.6 is 11.6 Å². The largest absolute Gasteiger partial charge is 0.296 e. The highest BCUT2D eigenvalue weighted by Gasteiger charge is 2.21. The molecule has 12 heavy (non-hydrogen) atoms. The van der Waals surface area contributed by atoms with Crippen LogP contribution in [-0.2, 0) is 0 Å². The van der Waals surface area contributed by atoms with E-state index in [0.29, 0.717) is 6.04 Å². The predicted molar refractivity (Wildman–Crippen MR) is 54.7 cm³/mol. The molecule has 0 aliphatic carbocycles. The van der Waals surface area contributed by atoms with Crippen LogP contribution in [-0.4, -0.2) is 29.9 Å². The number of hydrogen-bond donors (Lipinski definition) is 0. The fourth-order valence-corrected chi connectivity index (χ4v) is 1.96. The second kappa shape index (κ2) is 4.88. The Labute approximate surface area is 80.4 Å². The van der Waals surface area contributed by atoms with Gasteiger partial charge in [-0.15, -0.1) is 11.6 Å². The van der Waals surface area contributed by atoms with Crippen molar-refractivity contribution in [2.24, 2.45) is 0 Å². The van der Waals surface area contributed by atoms with E-state index in [1.54, 1.807) is 0 Å². The first-order chi connectivity index (χ1) is 5.74. The molecule has 0 spiro atoms. The van der Waals surface area contributed by atoms with Crippen molar-refractivity contribution in [1.82, 2.24) is 4.90 Å². The predicted octanol–water partition coefficient (Wildman–Crippen LogP) is 2.66. The molecule has 1 unspecified atom stereocenters. The van der Waals surface area contributed by atoms with Gasteiger partial charge in [-0.25, -0.2) is 0 Å². The van der Waals surface area contributed by atoms with Crippen LogP contribution < -0.4 is 0 Å². The van der Waals surface area contributed by atoms with E-state index in [2.05, 4.69) is 24.8 Å². The Hall–Kier alpha value is -0.0100. The lowest BCUT2D eigenvalue weighted by Gasteiger charge is -2.20. The maximum absolute atomic E-state index is 5.86. The minimum atomic E-state index is 0.627. The number of rotatable bonds is 3. The van der Waals surface area contributed by atoms with Gasteiger partial charge in [-0.2, -0.15) is 0 Å². The number of alkyl halides is 1. The molecule has 1 aliphatic heterocycles. The molecule has 0 radical (unpaired) electrons. The van der Waals surface area contributed by atoms with Crippen molar-refractivity contribution in [1.29, 1.82) is 0 Å². The van der Waals surface area contributed by atoms with Gasteiger partial charge >= 0.3 is 0 Å². The molecular weight excluding hydrogens is 170 g/mol. The highest BCUT2D eigenvalue weighted by molar-refractivity contribution is 6.18. The zero-order chi connectivity index (χ0) is 8.97. The Morgan fingerprint density at radius 2 is 2.33 bits per heavy atom. The van der Waals surface area contributed by atoms with Gasteiger partial charge in [0, 0.05) is 18.5 Å². The summed E-state index contributed by atoms with van der Waals surface area (Å²) >= 11 is 5.86. The van der Waals surface area contributed by atoms with Crippen LogP contribution in [0.1, 0.15) is 26.7 Å². The summed E-state index contributed by atoms with van der Waals surface area (Å²) in [5, 5.41) is 0. The third kappa shape index (κ3) is 2.80. The van der Waals surface area contributed by atoms with Gasteiger partial charge in [-0.1, -0.05) is 11.6 Å². The molecule has 0 amide bonds. The highest BCUT2D eigenvalue weighted by Crippen LogP contribution is 2.17. The summed E-state index contributed by atoms with van der Waals surface area (Å²) in [6, 6.07) is 0.627. The van der Waals surface area contributed by atoms with Crippen molar-refractivity contribution in [3.05, 3.63) is 11.6 Å². The lowest BCUT2D eigenvalue weighted by Crippen LogP contribution is -2.30. The van der Waals surface area contributed by atoms with Crippen LogP contribution in [0.3, 0.4) is 0 Å². The number of allylic oxidation sites excluding steroid dienone is 1. The SMILES string of the molecule is CC(C)=CCN1CCCC1CCl. The van der Waals surface area contributed by atoms with E-state index in [1.165, 1.54) is 25.0 Å². The maximum Gasteiger partial charge on any atom is 0.0379 e. The Bertz CT molecular complexity index is 161. The average molecular weight is 188 g/mol. The van der Waals surface area contributed by atoms with E-state index in [1.807, 2.05) is 0 Å². The molecule has 0 N–H and O–H groups in total. The molecule has 1 atom stereocenters. The summed E-state index contributed by atoms with van der Waals surface area (Å²) < 4.78 is 0. The molecule has 1 nitrogen and oxygen atoms in total. The zero-order valence-corrected chi connectivity index (χ0v) is 8.77. The molecule has 1 fully saturated rings. The van der Waals surface area contributed by atoms with E-state index in [0.717, 1.165) is 12.4 Å². The van der Waals surface area contributed by atoms with E-state index in [4.69, 9.17) is 11.6 Å². The molecule has 0 aromatic carbocycles. The third-order valence-corrected chi connectivity index (χ3v) is 2.77. The Balaban J connectivity index is 2.35. The first kappa shape index (κ1) is 10.1. The van der Waals surface area contributed by atoms with Crippen molar-refractivity contribution in [3.8, 4) is 0 Å². The van der Waals surface area contributed by atoms with Crippen molar-refractivity contribution < 1.29 is 0 Å². The summed E-state index contributed by atoms with van der Waals surface area (Å²) in [7, 11) is 0. The molecule has 0 aromatic heterocycles. The molecule has 1 aliphatic rings. The first-order valence-electron chi connectivity index (χ1n) is 4.67. The quantitative estimate of drug-likeness (QED) is 0.485. The first-order valence-corrected chi connectivity index (χ1v) is 5.21. The van der Waals surface area contributed by atoms with Crippen molar-refractivity contribution in [2.45, 2.75) is 32.7 Å². The van der Waals surface area contributed by atoms with Crippen molar-refractivity contribution in [3.63, 3.8) is 0 Å². The van der Waals surface area contributed by atoms with Gasteiger partial charge in [-0.05, 0) is 33.2 Å². The topological polar surface area (TPSA) is 3.24 Å². The Kier molecular flexibility index (Phi) is 4.10. The lowest BCUT2D eigenvalue weighted by atomic mass is 10.2. The maximum atomic E-state index is 5.86. The van der Waals surface area contributed by atoms with Gasteiger partial charge in [0.15, 0.2) is 0 Å². The molecular formula is C10H18ClN. The smallest absolute Gasteiger partial charge is 0.0379 e. The molecule has 0 aromatic rings. The zero-order valence-electron chi connectivity index (χ0n) is 8.02. The second-order valence-corrected chi connectivity index (χ2v) is 4.04. The van der Waals surface area contributed by atoms with Crippen molar-refractivity contribution >= 4 is 11.6 Å². The van der Waals surface area contributed by atoms with Crippen LogP contribution in [0.2, 0.25) is 0 Å². The molecule has 70 valence electrons. The van der Waals surface area contributed by atoms with E-state index >= 15 is 0 Å². The second-order valence-electron chi connectivity index (χ2n) is 3.73. The summed E-state index contributed by atoms with van der Waals surface area (Å²) in [5.74, 6) is 0.788. The van der Waals surface area contributed by atoms with Gasteiger partial charge in [0.05, 0.1) is 0 Å². The van der Waals surface area contributed by atoms with Gasteiger partial charge in [0.25, 0.3) is 0 Å². The van der Waals surface area contributed by atoms with Crippen LogP contribution in [0.25, 0.3) is 0 Å². The fourth-order valence-electron chi connectivity index (χ4n) is 1.61. The number of nitrogens with zero attached hydrogens (tertiary/aromatic N) is 1. The normalized spacial score (nSPS) is 24.4. The van der Waals surface area contributed by atoms with Crippen LogP contribution in [0.15, 0.2) is 11.6 Å². The fraction of sp³-hybridized carbons (Fsp3) is 0.800. The molecule has 0 bridgehead atoms. The third-order valence-electron chi connectivity index (χ3n) is 2.41. The van der Waals surface area contributed by atoms with Gasteiger partial charge in [0.1, 0.15) is 0 Å². The van der Waals surface area contributed by atoms with E-state index in [-0.39, 0.29) is 0 Å². The van der Waals surface area contributed by atoms with E-state index < -0.39 is 0 Å². The standard InChI is InChI=1S/C10H18ClN/c1-9(2)5-7-12-6-3-4-10(12)8-11/h5,10H,3-4,6-8H2,1-2H3. The van der Waals surface area contributed by atoms with Gasteiger partial charge in [-0.3, -0.25) is 4.90 Å². The summed E-state index contributed by atoms with van der Waals surface area (Å²) in [6.45, 7) is 6.60. The molecule has 2 heteroatoms. The number of likely N-dealkylation sites (tertiary alicyclic amines) is 1. The number of hydrogen-bond acceptors (Lipinski definition) is 1. The molecule has 1 heterocycles. The Morgan fingerprint density at radius 1 is 1.58 bits per heavy atom. The Morgan fingerprint density at radius 3 is 2.92 bits per heavy atom. The minimum Gasteiger partial charge on any atom is -0.296 e. The molecule has 1 saturated heterocycles. The van der Waals surface area contributed by atoms with Crippen LogP contribution in [0.4, 0.5) is 0 Å². The monoisotopic (exact) mass is 187 g/mol. The number of halogens is 1.